The molecular formula is C15H12N4OS2. The van der Waals surface area contributed by atoms with Crippen LogP contribution >= 0.6 is 24.2 Å². The Hall–Kier alpha value is -2.25. The molecule has 3 aromatic rings. The second-order valence-corrected chi connectivity index (χ2v) is 5.94. The zero-order valence-corrected chi connectivity index (χ0v) is 13.4. The monoisotopic (exact) mass is 328 g/mol. The van der Waals surface area contributed by atoms with Gasteiger partial charge in [-0.3, -0.25) is 9.78 Å². The van der Waals surface area contributed by atoms with Crippen LogP contribution in [0.2, 0.25) is 0 Å². The average molecular weight is 328 g/mol. The molecule has 0 fully saturated rings. The minimum Gasteiger partial charge on any atom is -0.277 e. The van der Waals surface area contributed by atoms with E-state index in [0.717, 1.165) is 31.1 Å². The van der Waals surface area contributed by atoms with Gasteiger partial charge in [-0.1, -0.05) is 18.9 Å². The van der Waals surface area contributed by atoms with E-state index < -0.39 is 0 Å². The molecule has 3 aromatic heterocycles. The summed E-state index contributed by atoms with van der Waals surface area (Å²) in [6, 6.07) is 9.31. The Labute approximate surface area is 137 Å². The molecular weight excluding hydrogens is 316 g/mol. The lowest BCUT2D eigenvalue weighted by molar-refractivity contribution is -0.106. The van der Waals surface area contributed by atoms with Crippen molar-refractivity contribution in [3.8, 4) is 21.1 Å². The quantitative estimate of drug-likeness (QED) is 0.589. The smallest absolute Gasteiger partial charge is 0.225 e. The first-order valence-electron chi connectivity index (χ1n) is 6.47. The average Bonchev–Trinajstić information content (AvgIpc) is 2.97. The van der Waals surface area contributed by atoms with Crippen molar-refractivity contribution in [1.82, 2.24) is 15.0 Å². The highest BCUT2D eigenvalue weighted by molar-refractivity contribution is 7.82. The third-order valence-electron chi connectivity index (χ3n) is 3.01. The summed E-state index contributed by atoms with van der Waals surface area (Å²) in [6.45, 7) is 1.94. The highest BCUT2D eigenvalue weighted by Crippen LogP contribution is 2.34. The van der Waals surface area contributed by atoms with Crippen molar-refractivity contribution in [3.05, 3.63) is 48.4 Å². The molecule has 0 spiro atoms. The Morgan fingerprint density at radius 2 is 2.09 bits per heavy atom. The molecule has 0 N–H and O–H groups in total. The fourth-order valence-electron chi connectivity index (χ4n) is 1.98. The predicted octanol–water partition coefficient (Wildman–Crippen LogP) is 3.38. The number of carbonyl (C=O) groups excluding carboxylic acids is 1. The van der Waals surface area contributed by atoms with Crippen molar-refractivity contribution in [1.29, 1.82) is 0 Å². The van der Waals surface area contributed by atoms with Gasteiger partial charge in [-0.05, 0) is 31.2 Å². The third-order valence-corrected chi connectivity index (χ3v) is 4.53. The molecule has 0 saturated heterocycles. The zero-order valence-electron chi connectivity index (χ0n) is 11.7. The highest BCUT2D eigenvalue weighted by atomic mass is 32.1. The van der Waals surface area contributed by atoms with Gasteiger partial charge < -0.3 is 0 Å². The number of thiol groups is 1. The van der Waals surface area contributed by atoms with Crippen LogP contribution in [0.4, 0.5) is 5.82 Å². The zero-order chi connectivity index (χ0) is 15.5. The van der Waals surface area contributed by atoms with Crippen molar-refractivity contribution < 1.29 is 4.79 Å². The van der Waals surface area contributed by atoms with Crippen LogP contribution in [0.25, 0.3) is 21.1 Å². The van der Waals surface area contributed by atoms with Gasteiger partial charge in [0, 0.05) is 18.0 Å². The maximum atomic E-state index is 10.8. The van der Waals surface area contributed by atoms with Gasteiger partial charge in [0.05, 0.1) is 16.3 Å². The van der Waals surface area contributed by atoms with Crippen LogP contribution in [0.5, 0.6) is 0 Å². The molecule has 1 amide bonds. The SMILES string of the molecule is Cc1nc(-c2cccnc2)sc1-c1cccc(N(S)C=O)n1. The van der Waals surface area contributed by atoms with E-state index in [-0.39, 0.29) is 0 Å². The van der Waals surface area contributed by atoms with Crippen molar-refractivity contribution in [2.24, 2.45) is 0 Å². The Bertz CT molecular complexity index is 804. The fourth-order valence-corrected chi connectivity index (χ4v) is 3.12. The minimum atomic E-state index is 0.478. The molecule has 0 bridgehead atoms. The number of thiazole rings is 1. The van der Waals surface area contributed by atoms with Crippen LogP contribution in [0.3, 0.4) is 0 Å². The maximum absolute atomic E-state index is 10.8. The fraction of sp³-hybridized carbons (Fsp3) is 0.0667. The third kappa shape index (κ3) is 2.86. The Morgan fingerprint density at radius 3 is 2.82 bits per heavy atom. The van der Waals surface area contributed by atoms with E-state index in [1.54, 1.807) is 29.8 Å². The molecule has 22 heavy (non-hydrogen) atoms. The molecule has 0 atom stereocenters. The van der Waals surface area contributed by atoms with E-state index in [9.17, 15) is 4.79 Å². The first kappa shape index (κ1) is 14.7. The molecule has 0 saturated carbocycles. The maximum Gasteiger partial charge on any atom is 0.225 e. The van der Waals surface area contributed by atoms with Gasteiger partial charge in [0.15, 0.2) is 0 Å². The number of rotatable bonds is 4. The Morgan fingerprint density at radius 1 is 1.23 bits per heavy atom. The summed E-state index contributed by atoms with van der Waals surface area (Å²) < 4.78 is 1.14. The summed E-state index contributed by atoms with van der Waals surface area (Å²) in [6.07, 6.45) is 4.13. The number of nitrogens with zero attached hydrogens (tertiary/aromatic N) is 4. The molecule has 0 aliphatic carbocycles. The van der Waals surface area contributed by atoms with Crippen LogP contribution in [0.1, 0.15) is 5.69 Å². The first-order chi connectivity index (χ1) is 10.7. The number of carbonyl (C=O) groups is 1. The van der Waals surface area contributed by atoms with Gasteiger partial charge in [0.25, 0.3) is 0 Å². The molecule has 5 nitrogen and oxygen atoms in total. The molecule has 3 heterocycles. The number of amides is 1. The second-order valence-electron chi connectivity index (χ2n) is 4.51. The Kier molecular flexibility index (Phi) is 4.17. The normalized spacial score (nSPS) is 10.5. The summed E-state index contributed by atoms with van der Waals surface area (Å²) in [5, 5.41) is 0.894. The van der Waals surface area contributed by atoms with E-state index in [4.69, 9.17) is 0 Å². The van der Waals surface area contributed by atoms with Crippen molar-refractivity contribution >= 4 is 36.4 Å². The van der Waals surface area contributed by atoms with Gasteiger partial charge in [-0.25, -0.2) is 14.3 Å². The number of hydrogen-bond acceptors (Lipinski definition) is 6. The number of hydrogen-bond donors (Lipinski definition) is 1. The Balaban J connectivity index is 2.03. The van der Waals surface area contributed by atoms with Gasteiger partial charge in [0.2, 0.25) is 6.41 Å². The van der Waals surface area contributed by atoms with Gasteiger partial charge in [0.1, 0.15) is 10.8 Å². The van der Waals surface area contributed by atoms with Crippen LogP contribution in [0.15, 0.2) is 42.7 Å². The van der Waals surface area contributed by atoms with Crippen LogP contribution in [-0.2, 0) is 4.79 Å². The number of pyridine rings is 2. The van der Waals surface area contributed by atoms with E-state index in [1.807, 2.05) is 31.2 Å². The van der Waals surface area contributed by atoms with Crippen LogP contribution in [-0.4, -0.2) is 21.4 Å². The molecule has 0 aliphatic heterocycles. The van der Waals surface area contributed by atoms with Crippen LogP contribution < -0.4 is 4.31 Å². The molecule has 3 rings (SSSR count). The number of aromatic nitrogens is 3. The lowest BCUT2D eigenvalue weighted by Crippen LogP contribution is -2.08. The first-order valence-corrected chi connectivity index (χ1v) is 7.69. The van der Waals surface area contributed by atoms with Gasteiger partial charge in [-0.15, -0.1) is 11.3 Å². The lowest BCUT2D eigenvalue weighted by Gasteiger charge is -2.08. The highest BCUT2D eigenvalue weighted by Gasteiger charge is 2.13. The summed E-state index contributed by atoms with van der Waals surface area (Å²) in [7, 11) is 0. The summed E-state index contributed by atoms with van der Waals surface area (Å²) >= 11 is 5.60. The summed E-state index contributed by atoms with van der Waals surface area (Å²) in [4.78, 5) is 24.9. The van der Waals surface area contributed by atoms with E-state index in [1.165, 1.54) is 0 Å². The van der Waals surface area contributed by atoms with E-state index in [2.05, 4.69) is 27.8 Å². The largest absolute Gasteiger partial charge is 0.277 e. The van der Waals surface area contributed by atoms with E-state index >= 15 is 0 Å². The topological polar surface area (TPSA) is 59.0 Å². The van der Waals surface area contributed by atoms with E-state index in [0.29, 0.717) is 12.2 Å². The summed E-state index contributed by atoms with van der Waals surface area (Å²) in [5.74, 6) is 0.478. The second kappa shape index (κ2) is 6.25. The molecule has 7 heteroatoms. The number of anilines is 1. The van der Waals surface area contributed by atoms with Crippen molar-refractivity contribution in [2.75, 3.05) is 4.31 Å². The lowest BCUT2D eigenvalue weighted by atomic mass is 10.2. The van der Waals surface area contributed by atoms with Crippen molar-refractivity contribution in [2.45, 2.75) is 6.92 Å². The summed E-state index contributed by atoms with van der Waals surface area (Å²) in [5.41, 5.74) is 2.63. The molecule has 0 aliphatic rings. The minimum absolute atomic E-state index is 0.478. The molecule has 0 unspecified atom stereocenters. The number of aryl methyl sites for hydroxylation is 1. The van der Waals surface area contributed by atoms with Gasteiger partial charge in [-0.2, -0.15) is 0 Å². The molecule has 0 aromatic carbocycles. The molecule has 110 valence electrons. The van der Waals surface area contributed by atoms with Gasteiger partial charge >= 0.3 is 0 Å². The molecule has 0 radical (unpaired) electrons. The van der Waals surface area contributed by atoms with Crippen molar-refractivity contribution in [3.63, 3.8) is 0 Å². The standard InChI is InChI=1S/C15H12N4OS2/c1-10-14(12-5-2-6-13(18-12)19(21)9-20)22-15(17-10)11-4-3-7-16-8-11/h2-9,21H,1H3. The van der Waals surface area contributed by atoms with Crippen LogP contribution in [0, 0.1) is 6.92 Å². The predicted molar refractivity (Wildman–Crippen MR) is 90.8 cm³/mol.